The molecule has 4 nitrogen and oxygen atoms in total. The molecular formula is C14H11FO4. The van der Waals surface area contributed by atoms with Crippen LogP contribution in [0.25, 0.3) is 11.1 Å². The van der Waals surface area contributed by atoms with Gasteiger partial charge in [0.2, 0.25) is 0 Å². The smallest absolute Gasteiger partial charge is 0.168 e. The van der Waals surface area contributed by atoms with Crippen LogP contribution in [0.4, 0.5) is 4.39 Å². The fourth-order valence-corrected chi connectivity index (χ4v) is 1.77. The van der Waals surface area contributed by atoms with E-state index in [0.717, 1.165) is 12.1 Å². The minimum Gasteiger partial charge on any atom is -0.507 e. The van der Waals surface area contributed by atoms with Gasteiger partial charge in [-0.05, 0) is 35.9 Å². The van der Waals surface area contributed by atoms with E-state index < -0.39 is 5.82 Å². The van der Waals surface area contributed by atoms with Crippen molar-refractivity contribution >= 4 is 6.29 Å². The number of carbonyl (C=O) groups is 1. The maximum Gasteiger partial charge on any atom is 0.168 e. The molecule has 98 valence electrons. The first-order chi connectivity index (χ1) is 9.06. The highest BCUT2D eigenvalue weighted by Crippen LogP contribution is 2.37. The van der Waals surface area contributed by atoms with E-state index in [1.54, 1.807) is 0 Å². The van der Waals surface area contributed by atoms with Crippen LogP contribution in [0.15, 0.2) is 30.3 Å². The molecule has 5 heteroatoms. The molecule has 0 aliphatic carbocycles. The Labute approximate surface area is 108 Å². The standard InChI is InChI=1S/C14H11FO4/c1-19-13-5-8(4-9(7-16)14(13)18)11-6-10(15)2-3-12(11)17/h2-7,17-18H,1H3. The van der Waals surface area contributed by atoms with Gasteiger partial charge in [0.1, 0.15) is 11.6 Å². The molecule has 0 fully saturated rings. The summed E-state index contributed by atoms with van der Waals surface area (Å²) in [6.45, 7) is 0. The molecule has 2 aromatic carbocycles. The van der Waals surface area contributed by atoms with Crippen LogP contribution >= 0.6 is 0 Å². The number of halogens is 1. The average Bonchev–Trinajstić information content (AvgIpc) is 2.42. The summed E-state index contributed by atoms with van der Waals surface area (Å²) < 4.78 is 18.2. The van der Waals surface area contributed by atoms with E-state index in [1.807, 2.05) is 0 Å². The lowest BCUT2D eigenvalue weighted by Crippen LogP contribution is -1.91. The second-order valence-corrected chi connectivity index (χ2v) is 3.90. The Balaban J connectivity index is 2.68. The van der Waals surface area contributed by atoms with E-state index in [-0.39, 0.29) is 28.4 Å². The molecule has 0 saturated heterocycles. The van der Waals surface area contributed by atoms with Crippen molar-refractivity contribution in [1.82, 2.24) is 0 Å². The monoisotopic (exact) mass is 262 g/mol. The van der Waals surface area contributed by atoms with Crippen LogP contribution in [-0.2, 0) is 0 Å². The lowest BCUT2D eigenvalue weighted by Gasteiger charge is -2.10. The number of methoxy groups -OCH3 is 1. The quantitative estimate of drug-likeness (QED) is 0.834. The number of benzene rings is 2. The number of phenols is 2. The van der Waals surface area contributed by atoms with Gasteiger partial charge in [-0.15, -0.1) is 0 Å². The Bertz CT molecular complexity index is 638. The molecule has 0 aromatic heterocycles. The molecule has 0 heterocycles. The van der Waals surface area contributed by atoms with Crippen molar-refractivity contribution < 1.29 is 24.1 Å². The summed E-state index contributed by atoms with van der Waals surface area (Å²) in [5, 5.41) is 19.4. The van der Waals surface area contributed by atoms with Gasteiger partial charge < -0.3 is 14.9 Å². The number of aldehydes is 1. The molecule has 0 radical (unpaired) electrons. The molecule has 0 atom stereocenters. The molecule has 0 aliphatic heterocycles. The summed E-state index contributed by atoms with van der Waals surface area (Å²) in [5.41, 5.74) is 0.577. The maximum absolute atomic E-state index is 13.2. The number of rotatable bonds is 3. The van der Waals surface area contributed by atoms with Crippen LogP contribution in [0.3, 0.4) is 0 Å². The Kier molecular flexibility index (Phi) is 3.37. The van der Waals surface area contributed by atoms with Crippen LogP contribution in [0.2, 0.25) is 0 Å². The molecular weight excluding hydrogens is 251 g/mol. The Morgan fingerprint density at radius 2 is 1.95 bits per heavy atom. The number of ether oxygens (including phenoxy) is 1. The molecule has 0 spiro atoms. The first kappa shape index (κ1) is 12.9. The zero-order chi connectivity index (χ0) is 14.0. The molecule has 0 bridgehead atoms. The molecule has 2 N–H and O–H groups in total. The van der Waals surface area contributed by atoms with Gasteiger partial charge in [-0.3, -0.25) is 4.79 Å². The summed E-state index contributed by atoms with van der Waals surface area (Å²) in [4.78, 5) is 10.9. The van der Waals surface area contributed by atoms with E-state index in [1.165, 1.54) is 25.3 Å². The third-order valence-electron chi connectivity index (χ3n) is 2.72. The highest BCUT2D eigenvalue weighted by atomic mass is 19.1. The largest absolute Gasteiger partial charge is 0.507 e. The maximum atomic E-state index is 13.2. The number of carbonyl (C=O) groups excluding carboxylic acids is 1. The highest BCUT2D eigenvalue weighted by Gasteiger charge is 2.13. The fraction of sp³-hybridized carbons (Fsp3) is 0.0714. The van der Waals surface area contributed by atoms with E-state index >= 15 is 0 Å². The van der Waals surface area contributed by atoms with Crippen molar-refractivity contribution in [1.29, 1.82) is 0 Å². The predicted molar refractivity (Wildman–Crippen MR) is 67.1 cm³/mol. The van der Waals surface area contributed by atoms with Crippen molar-refractivity contribution in [2.45, 2.75) is 0 Å². The molecule has 2 rings (SSSR count). The van der Waals surface area contributed by atoms with E-state index in [2.05, 4.69) is 0 Å². The fourth-order valence-electron chi connectivity index (χ4n) is 1.77. The number of hydrogen-bond acceptors (Lipinski definition) is 4. The molecule has 2 aromatic rings. The van der Waals surface area contributed by atoms with Crippen LogP contribution in [0, 0.1) is 5.82 Å². The van der Waals surface area contributed by atoms with Crippen molar-refractivity contribution in [3.8, 4) is 28.4 Å². The van der Waals surface area contributed by atoms with Crippen molar-refractivity contribution in [2.24, 2.45) is 0 Å². The third-order valence-corrected chi connectivity index (χ3v) is 2.72. The normalized spacial score (nSPS) is 10.2. The third kappa shape index (κ3) is 2.35. The molecule has 0 amide bonds. The van der Waals surface area contributed by atoms with Gasteiger partial charge in [-0.25, -0.2) is 4.39 Å². The number of phenolic OH excluding ortho intramolecular Hbond substituents is 2. The van der Waals surface area contributed by atoms with Gasteiger partial charge in [0, 0.05) is 5.56 Å². The van der Waals surface area contributed by atoms with Crippen molar-refractivity contribution in [3.63, 3.8) is 0 Å². The lowest BCUT2D eigenvalue weighted by molar-refractivity contribution is 0.112. The van der Waals surface area contributed by atoms with Gasteiger partial charge in [0.05, 0.1) is 12.7 Å². The molecule has 0 saturated carbocycles. The summed E-state index contributed by atoms with van der Waals surface area (Å²) in [7, 11) is 1.33. The zero-order valence-electron chi connectivity index (χ0n) is 10.1. The number of hydrogen-bond donors (Lipinski definition) is 2. The van der Waals surface area contributed by atoms with Crippen LogP contribution < -0.4 is 4.74 Å². The Hall–Kier alpha value is -2.56. The SMILES string of the molecule is COc1cc(-c2cc(F)ccc2O)cc(C=O)c1O. The van der Waals surface area contributed by atoms with Crippen LogP contribution in [-0.4, -0.2) is 23.6 Å². The van der Waals surface area contributed by atoms with Crippen molar-refractivity contribution in [3.05, 3.63) is 41.7 Å². The van der Waals surface area contributed by atoms with Gasteiger partial charge in [-0.2, -0.15) is 0 Å². The minimum absolute atomic E-state index is 0.00184. The molecule has 0 aliphatic rings. The first-order valence-electron chi connectivity index (χ1n) is 5.42. The van der Waals surface area contributed by atoms with Gasteiger partial charge in [-0.1, -0.05) is 0 Å². The van der Waals surface area contributed by atoms with E-state index in [0.29, 0.717) is 11.8 Å². The van der Waals surface area contributed by atoms with E-state index in [9.17, 15) is 19.4 Å². The minimum atomic E-state index is -0.521. The molecule has 19 heavy (non-hydrogen) atoms. The second-order valence-electron chi connectivity index (χ2n) is 3.90. The Morgan fingerprint density at radius 3 is 2.58 bits per heavy atom. The Morgan fingerprint density at radius 1 is 1.21 bits per heavy atom. The summed E-state index contributed by atoms with van der Waals surface area (Å²) in [6, 6.07) is 6.23. The van der Waals surface area contributed by atoms with Gasteiger partial charge >= 0.3 is 0 Å². The summed E-state index contributed by atoms with van der Waals surface area (Å²) in [6.07, 6.45) is 0.456. The summed E-state index contributed by atoms with van der Waals surface area (Å²) in [5.74, 6) is -0.876. The molecule has 0 unspecified atom stereocenters. The van der Waals surface area contributed by atoms with Gasteiger partial charge in [0.25, 0.3) is 0 Å². The van der Waals surface area contributed by atoms with Gasteiger partial charge in [0.15, 0.2) is 17.8 Å². The van der Waals surface area contributed by atoms with Crippen LogP contribution in [0.5, 0.6) is 17.2 Å². The average molecular weight is 262 g/mol. The zero-order valence-corrected chi connectivity index (χ0v) is 10.1. The second kappa shape index (κ2) is 4.97. The summed E-state index contributed by atoms with van der Waals surface area (Å²) >= 11 is 0. The van der Waals surface area contributed by atoms with Crippen molar-refractivity contribution in [2.75, 3.05) is 7.11 Å². The topological polar surface area (TPSA) is 66.8 Å². The lowest BCUT2D eigenvalue weighted by atomic mass is 10.0. The predicted octanol–water partition coefficient (Wildman–Crippen LogP) is 2.73. The number of aromatic hydroxyl groups is 2. The highest BCUT2D eigenvalue weighted by molar-refractivity contribution is 5.86. The first-order valence-corrected chi connectivity index (χ1v) is 5.42. The van der Waals surface area contributed by atoms with Crippen LogP contribution in [0.1, 0.15) is 10.4 Å². The van der Waals surface area contributed by atoms with E-state index in [4.69, 9.17) is 4.74 Å².